The lowest BCUT2D eigenvalue weighted by Crippen LogP contribution is -2.27. The van der Waals surface area contributed by atoms with Gasteiger partial charge in [-0.25, -0.2) is 13.4 Å². The lowest BCUT2D eigenvalue weighted by Gasteiger charge is -2.15. The molecular formula is C19H18N4O6S2. The first-order valence-corrected chi connectivity index (χ1v) is 11.7. The van der Waals surface area contributed by atoms with Crippen LogP contribution in [-0.4, -0.2) is 48.2 Å². The van der Waals surface area contributed by atoms with Gasteiger partial charge < -0.3 is 4.74 Å². The van der Waals surface area contributed by atoms with E-state index in [2.05, 4.69) is 10.3 Å². The first-order chi connectivity index (χ1) is 14.8. The summed E-state index contributed by atoms with van der Waals surface area (Å²) >= 11 is 1.16. The highest BCUT2D eigenvalue weighted by atomic mass is 32.2. The van der Waals surface area contributed by atoms with Gasteiger partial charge in [-0.1, -0.05) is 17.4 Å². The van der Waals surface area contributed by atoms with Gasteiger partial charge in [-0.2, -0.15) is 4.31 Å². The largest absolute Gasteiger partial charge is 0.484 e. The van der Waals surface area contributed by atoms with Crippen molar-refractivity contribution in [2.24, 2.45) is 0 Å². The van der Waals surface area contributed by atoms with Crippen LogP contribution < -0.4 is 10.1 Å². The van der Waals surface area contributed by atoms with Crippen molar-refractivity contribution in [1.82, 2.24) is 9.29 Å². The molecule has 1 amide bonds. The average Bonchev–Trinajstić information content (AvgIpc) is 3.42. The van der Waals surface area contributed by atoms with Gasteiger partial charge in [0.25, 0.3) is 11.6 Å². The third-order valence-corrected chi connectivity index (χ3v) is 7.54. The van der Waals surface area contributed by atoms with Crippen molar-refractivity contribution in [3.05, 3.63) is 52.6 Å². The number of hydrogen-bond donors (Lipinski definition) is 1. The van der Waals surface area contributed by atoms with Gasteiger partial charge in [0.05, 0.1) is 26.1 Å². The van der Waals surface area contributed by atoms with E-state index in [4.69, 9.17) is 4.74 Å². The van der Waals surface area contributed by atoms with Gasteiger partial charge in [0.2, 0.25) is 10.0 Å². The second-order valence-corrected chi connectivity index (χ2v) is 9.82. The summed E-state index contributed by atoms with van der Waals surface area (Å²) in [5.74, 6) is -0.291. The normalized spacial score (nSPS) is 14.6. The number of aromatic nitrogens is 1. The monoisotopic (exact) mass is 462 g/mol. The van der Waals surface area contributed by atoms with Crippen LogP contribution in [0.2, 0.25) is 0 Å². The van der Waals surface area contributed by atoms with E-state index < -0.39 is 20.9 Å². The fourth-order valence-electron chi connectivity index (χ4n) is 3.19. The Hall–Kier alpha value is -3.09. The molecule has 0 unspecified atom stereocenters. The van der Waals surface area contributed by atoms with Crippen LogP contribution >= 0.6 is 11.3 Å². The number of carbonyl (C=O) groups is 1. The minimum Gasteiger partial charge on any atom is -0.484 e. The summed E-state index contributed by atoms with van der Waals surface area (Å²) in [5.41, 5.74) is 0.434. The predicted octanol–water partition coefficient (Wildman–Crippen LogP) is 3.01. The molecular weight excluding hydrogens is 444 g/mol. The Morgan fingerprint density at radius 2 is 2.00 bits per heavy atom. The molecule has 1 aliphatic heterocycles. The minimum absolute atomic E-state index is 0.135. The lowest BCUT2D eigenvalue weighted by atomic mass is 10.3. The van der Waals surface area contributed by atoms with E-state index in [9.17, 15) is 23.3 Å². The summed E-state index contributed by atoms with van der Waals surface area (Å²) in [7, 11) is -3.54. The van der Waals surface area contributed by atoms with Crippen molar-refractivity contribution in [2.45, 2.75) is 17.7 Å². The number of rotatable bonds is 7. The van der Waals surface area contributed by atoms with Crippen LogP contribution in [0.25, 0.3) is 10.2 Å². The summed E-state index contributed by atoms with van der Waals surface area (Å²) in [6, 6.07) is 10.2. The topological polar surface area (TPSA) is 132 Å². The number of sulfonamides is 1. The molecule has 10 nitrogen and oxygen atoms in total. The maximum absolute atomic E-state index is 12.7. The number of hydrogen-bond acceptors (Lipinski definition) is 8. The molecule has 1 fully saturated rings. The highest BCUT2D eigenvalue weighted by molar-refractivity contribution is 7.89. The number of amides is 1. The summed E-state index contributed by atoms with van der Waals surface area (Å²) in [5, 5.41) is 13.7. The zero-order valence-electron chi connectivity index (χ0n) is 16.2. The second-order valence-electron chi connectivity index (χ2n) is 6.85. The van der Waals surface area contributed by atoms with Crippen molar-refractivity contribution in [3.8, 4) is 5.75 Å². The summed E-state index contributed by atoms with van der Waals surface area (Å²) in [6.07, 6.45) is 1.72. The number of nitrogens with one attached hydrogen (secondary N) is 1. The number of nitro groups is 1. The van der Waals surface area contributed by atoms with Crippen LogP contribution in [-0.2, 0) is 14.8 Å². The predicted molar refractivity (Wildman–Crippen MR) is 115 cm³/mol. The van der Waals surface area contributed by atoms with Crippen molar-refractivity contribution in [2.75, 3.05) is 25.0 Å². The van der Waals surface area contributed by atoms with E-state index in [1.165, 1.54) is 34.6 Å². The Labute approximate surface area is 181 Å². The Bertz CT molecular complexity index is 1250. The minimum atomic E-state index is -3.54. The first-order valence-electron chi connectivity index (χ1n) is 9.41. The molecule has 2 aromatic carbocycles. The molecule has 3 aromatic rings. The zero-order valence-corrected chi connectivity index (χ0v) is 17.8. The number of ether oxygens (including phenoxy) is 1. The highest BCUT2D eigenvalue weighted by Gasteiger charge is 2.27. The maximum Gasteiger partial charge on any atom is 0.273 e. The lowest BCUT2D eigenvalue weighted by molar-refractivity contribution is -0.384. The fourth-order valence-corrected chi connectivity index (χ4v) is 5.73. The molecule has 12 heteroatoms. The average molecular weight is 463 g/mol. The molecule has 0 spiro atoms. The van der Waals surface area contributed by atoms with Crippen molar-refractivity contribution in [3.63, 3.8) is 0 Å². The van der Waals surface area contributed by atoms with Crippen molar-refractivity contribution in [1.29, 1.82) is 0 Å². The number of anilines is 1. The quantitative estimate of drug-likeness (QED) is 0.422. The van der Waals surface area contributed by atoms with E-state index in [0.717, 1.165) is 24.2 Å². The molecule has 0 atom stereocenters. The maximum atomic E-state index is 12.7. The molecule has 1 aliphatic rings. The Kier molecular flexibility index (Phi) is 5.85. The number of thiazole rings is 1. The van der Waals surface area contributed by atoms with Crippen LogP contribution in [0.5, 0.6) is 5.75 Å². The smallest absolute Gasteiger partial charge is 0.273 e. The zero-order chi connectivity index (χ0) is 22.0. The summed E-state index contributed by atoms with van der Waals surface area (Å²) < 4.78 is 32.9. The van der Waals surface area contributed by atoms with Crippen LogP contribution in [0.3, 0.4) is 0 Å². The Morgan fingerprint density at radius 1 is 1.23 bits per heavy atom. The summed E-state index contributed by atoms with van der Waals surface area (Å²) in [4.78, 5) is 26.9. The number of benzene rings is 2. The third-order valence-electron chi connectivity index (χ3n) is 4.71. The van der Waals surface area contributed by atoms with E-state index in [-0.39, 0.29) is 22.9 Å². The molecule has 1 saturated heterocycles. The number of non-ortho nitro benzene ring substituents is 1. The molecule has 1 aromatic heterocycles. The number of nitro benzene ring substituents is 1. The van der Waals surface area contributed by atoms with Crippen molar-refractivity contribution < 1.29 is 22.9 Å². The molecule has 0 saturated carbocycles. The van der Waals surface area contributed by atoms with Gasteiger partial charge in [0.15, 0.2) is 11.7 Å². The SMILES string of the molecule is O=C(COc1cccc([N+](=O)[O-])c1)Nc1nc2ccc(S(=O)(=O)N3CCCC3)cc2s1. The molecule has 162 valence electrons. The number of nitrogens with zero attached hydrogens (tertiary/aromatic N) is 3. The van der Waals surface area contributed by atoms with E-state index >= 15 is 0 Å². The van der Waals surface area contributed by atoms with E-state index in [1.807, 2.05) is 0 Å². The molecule has 31 heavy (non-hydrogen) atoms. The van der Waals surface area contributed by atoms with Gasteiger partial charge in [-0.05, 0) is 37.1 Å². The van der Waals surface area contributed by atoms with E-state index in [0.29, 0.717) is 28.4 Å². The van der Waals surface area contributed by atoms with Gasteiger partial charge in [0.1, 0.15) is 5.75 Å². The molecule has 4 rings (SSSR count). The third kappa shape index (κ3) is 4.65. The Morgan fingerprint density at radius 3 is 2.74 bits per heavy atom. The molecule has 0 aliphatic carbocycles. The number of carbonyl (C=O) groups excluding carboxylic acids is 1. The van der Waals surface area contributed by atoms with Crippen LogP contribution in [0, 0.1) is 10.1 Å². The fraction of sp³-hybridized carbons (Fsp3) is 0.263. The second kappa shape index (κ2) is 8.57. The van der Waals surface area contributed by atoms with Gasteiger partial charge in [-0.15, -0.1) is 0 Å². The standard InChI is InChI=1S/C19H18N4O6S2/c24-18(12-29-14-5-3-4-13(10-14)23(25)26)21-19-20-16-7-6-15(11-17(16)30-19)31(27,28)22-8-1-2-9-22/h3-7,10-11H,1-2,8-9,12H2,(H,20,21,24). The molecule has 0 bridgehead atoms. The number of fused-ring (bicyclic) bond motifs is 1. The first kappa shape index (κ1) is 21.2. The van der Waals surface area contributed by atoms with Crippen molar-refractivity contribution >= 4 is 48.3 Å². The van der Waals surface area contributed by atoms with Crippen LogP contribution in [0.15, 0.2) is 47.4 Å². The van der Waals surface area contributed by atoms with Gasteiger partial charge in [0, 0.05) is 19.2 Å². The van der Waals surface area contributed by atoms with Crippen LogP contribution in [0.4, 0.5) is 10.8 Å². The highest BCUT2D eigenvalue weighted by Crippen LogP contribution is 2.30. The summed E-state index contributed by atoms with van der Waals surface area (Å²) in [6.45, 7) is 0.690. The van der Waals surface area contributed by atoms with Gasteiger partial charge >= 0.3 is 0 Å². The van der Waals surface area contributed by atoms with E-state index in [1.54, 1.807) is 12.1 Å². The van der Waals surface area contributed by atoms with Crippen LogP contribution in [0.1, 0.15) is 12.8 Å². The van der Waals surface area contributed by atoms with Gasteiger partial charge in [-0.3, -0.25) is 20.2 Å². The molecule has 2 heterocycles. The Balaban J connectivity index is 1.43. The molecule has 1 N–H and O–H groups in total. The molecule has 0 radical (unpaired) electrons.